The molecule has 1 aromatic rings. The van der Waals surface area contributed by atoms with E-state index >= 15 is 0 Å². The summed E-state index contributed by atoms with van der Waals surface area (Å²) >= 11 is 0. The van der Waals surface area contributed by atoms with E-state index in [2.05, 4.69) is 16.0 Å². The first kappa shape index (κ1) is 39.1. The van der Waals surface area contributed by atoms with Gasteiger partial charge in [-0.15, -0.1) is 0 Å². The fourth-order valence-corrected chi connectivity index (χ4v) is 9.12. The van der Waals surface area contributed by atoms with Gasteiger partial charge in [-0.3, -0.25) is 19.2 Å². The van der Waals surface area contributed by atoms with E-state index in [0.717, 1.165) is 37.7 Å². The molecule has 1 aromatic carbocycles. The number of ketones is 1. The number of nitrogens with one attached hydrogen (secondary N) is 3. The van der Waals surface area contributed by atoms with Crippen LogP contribution in [0.5, 0.6) is 0 Å². The first-order chi connectivity index (χ1) is 23.6. The Morgan fingerprint density at radius 2 is 1.58 bits per heavy atom. The number of Topliss-reactive ketones (excluding diaryl/α,β-unsaturated/α-hetero) is 1. The van der Waals surface area contributed by atoms with Gasteiger partial charge in [0.2, 0.25) is 17.6 Å². The minimum Gasteiger partial charge on any atom is -0.363 e. The van der Waals surface area contributed by atoms with Crippen LogP contribution in [0.1, 0.15) is 91.0 Å². The number of hydrogen-bond acceptors (Lipinski definition) is 7. The molecule has 3 fully saturated rings. The van der Waals surface area contributed by atoms with E-state index in [9.17, 15) is 32.4 Å². The molecule has 0 radical (unpaired) electrons. The van der Waals surface area contributed by atoms with Gasteiger partial charge in [0.1, 0.15) is 12.1 Å². The first-order valence-corrected chi connectivity index (χ1v) is 19.9. The molecule has 0 spiro atoms. The highest BCUT2D eigenvalue weighted by molar-refractivity contribution is 7.90. The number of nitrogens with two attached hydrogens (primary N) is 1. The smallest absolute Gasteiger partial charge is 0.315 e. The molecule has 0 bridgehead atoms. The van der Waals surface area contributed by atoms with Crippen molar-refractivity contribution in [2.45, 2.75) is 115 Å². The van der Waals surface area contributed by atoms with E-state index in [1.54, 1.807) is 24.3 Å². The Bertz CT molecular complexity index is 1520. The van der Waals surface area contributed by atoms with Crippen molar-refractivity contribution in [2.75, 3.05) is 12.3 Å². The molecule has 50 heavy (non-hydrogen) atoms. The van der Waals surface area contributed by atoms with Gasteiger partial charge in [-0.2, -0.15) is 0 Å². The van der Waals surface area contributed by atoms with E-state index in [0.29, 0.717) is 31.2 Å². The molecule has 13 heteroatoms. The predicted octanol–water partition coefficient (Wildman–Crippen LogP) is 3.40. The summed E-state index contributed by atoms with van der Waals surface area (Å²) in [5.41, 5.74) is 6.96. The molecule has 1 saturated heterocycles. The number of rotatable bonds is 16. The van der Waals surface area contributed by atoms with Gasteiger partial charge in [-0.1, -0.05) is 87.9 Å². The average molecular weight is 714 g/mol. The predicted molar refractivity (Wildman–Crippen MR) is 191 cm³/mol. The number of likely N-dealkylation sites (tertiary alicyclic amines) is 1. The number of carbonyl (C=O) groups is 5. The maximum atomic E-state index is 14.5. The Hall–Kier alpha value is -3.74. The molecule has 12 nitrogen and oxygen atoms in total. The quantitative estimate of drug-likeness (QED) is 0.149. The van der Waals surface area contributed by atoms with Crippen LogP contribution in [-0.2, 0) is 34.8 Å². The third-order valence-electron chi connectivity index (χ3n) is 10.1. The van der Waals surface area contributed by atoms with Crippen LogP contribution in [-0.4, -0.2) is 79.3 Å². The van der Waals surface area contributed by atoms with E-state index < -0.39 is 63.5 Å². The lowest BCUT2D eigenvalue weighted by atomic mass is 9.83. The first-order valence-electron chi connectivity index (χ1n) is 18.1. The monoisotopic (exact) mass is 713 g/mol. The summed E-state index contributed by atoms with van der Waals surface area (Å²) in [6, 6.07) is 4.56. The largest absolute Gasteiger partial charge is 0.363 e. The summed E-state index contributed by atoms with van der Waals surface area (Å²) in [6.45, 7) is 7.76. The third-order valence-corrected chi connectivity index (χ3v) is 11.8. The van der Waals surface area contributed by atoms with Crippen LogP contribution in [0.15, 0.2) is 42.0 Å². The Morgan fingerprint density at radius 1 is 0.920 bits per heavy atom. The normalized spacial score (nSPS) is 21.5. The topological polar surface area (TPSA) is 185 Å². The number of sulfone groups is 1. The summed E-state index contributed by atoms with van der Waals surface area (Å²) in [5, 5.41) is 8.52. The highest BCUT2D eigenvalue weighted by Crippen LogP contribution is 2.35. The number of allylic oxidation sites excluding steroid dienone is 1. The number of nitrogens with zero attached hydrogens (tertiary/aromatic N) is 1. The molecule has 1 unspecified atom stereocenters. The van der Waals surface area contributed by atoms with Crippen molar-refractivity contribution in [1.29, 1.82) is 0 Å². The maximum Gasteiger partial charge on any atom is 0.315 e. The summed E-state index contributed by atoms with van der Waals surface area (Å²) in [5.74, 6) is -3.81. The minimum absolute atomic E-state index is 0.151. The minimum atomic E-state index is -3.58. The molecule has 2 aliphatic carbocycles. The second-order valence-corrected chi connectivity index (χ2v) is 17.1. The summed E-state index contributed by atoms with van der Waals surface area (Å²) < 4.78 is 26.3. The number of amides is 5. The zero-order valence-electron chi connectivity index (χ0n) is 29.9. The van der Waals surface area contributed by atoms with Crippen LogP contribution >= 0.6 is 0 Å². The van der Waals surface area contributed by atoms with Gasteiger partial charge in [-0.25, -0.2) is 13.2 Å². The Morgan fingerprint density at radius 3 is 2.16 bits per heavy atom. The second-order valence-electron chi connectivity index (χ2n) is 15.0. The van der Waals surface area contributed by atoms with Crippen LogP contribution in [0.25, 0.3) is 0 Å². The number of carbonyl (C=O) groups excluding carboxylic acids is 5. The van der Waals surface area contributed by atoms with Crippen molar-refractivity contribution in [3.05, 3.63) is 47.5 Å². The molecular formula is C37H55N5O7S. The summed E-state index contributed by atoms with van der Waals surface area (Å²) in [7, 11) is -3.58. The lowest BCUT2D eigenvalue weighted by Crippen LogP contribution is -2.60. The Balaban J connectivity index is 1.54. The second kappa shape index (κ2) is 17.5. The molecule has 4 rings (SSSR count). The molecule has 276 valence electrons. The van der Waals surface area contributed by atoms with Gasteiger partial charge in [0.15, 0.2) is 9.84 Å². The van der Waals surface area contributed by atoms with Crippen molar-refractivity contribution in [3.8, 4) is 0 Å². The molecule has 0 aromatic heterocycles. The van der Waals surface area contributed by atoms with Crippen molar-refractivity contribution < 1.29 is 32.4 Å². The third kappa shape index (κ3) is 11.1. The summed E-state index contributed by atoms with van der Waals surface area (Å²) in [4.78, 5) is 68.2. The van der Waals surface area contributed by atoms with E-state index in [-0.39, 0.29) is 41.7 Å². The fourth-order valence-electron chi connectivity index (χ4n) is 7.29. The molecule has 5 amide bonds. The molecular weight excluding hydrogens is 659 g/mol. The standard InChI is InChI=1S/C37H55N5O7S/c1-23(2)19-28-17-18-42(32(28)35(45)39-29(20-25-15-16-25)33(43)34(38)44)36(46)31(27-13-9-6-10-14-27)41-37(47)40-30(24(3)4)22-50(48,49)21-26-11-7-5-8-12-26/h5,7-8,11-12,19,24-25,27-32H,6,9-10,13-18,20-22H2,1-4H3,(H2,38,44)(H,39,45)(H2,40,41,47)/t28-,29?,30-,31+,32+/m1/s1. The van der Waals surface area contributed by atoms with E-state index in [1.807, 2.05) is 39.8 Å². The average Bonchev–Trinajstić information content (AvgIpc) is 3.78. The van der Waals surface area contributed by atoms with Gasteiger partial charge in [0.25, 0.3) is 5.91 Å². The van der Waals surface area contributed by atoms with Crippen molar-refractivity contribution in [3.63, 3.8) is 0 Å². The summed E-state index contributed by atoms with van der Waals surface area (Å²) in [6.07, 6.45) is 8.81. The SMILES string of the molecule is CC(C)=C[C@H]1CCN(C(=O)[C@@H](NC(=O)N[C@H](CS(=O)(=O)Cc2ccccc2)C(C)C)C2CCCCC2)[C@@H]1C(=O)NC(CC1CC1)C(=O)C(N)=O. The highest BCUT2D eigenvalue weighted by Gasteiger charge is 2.46. The molecule has 1 heterocycles. The van der Waals surface area contributed by atoms with Crippen LogP contribution in [0.2, 0.25) is 0 Å². The maximum absolute atomic E-state index is 14.5. The number of benzene rings is 1. The van der Waals surface area contributed by atoms with E-state index in [4.69, 9.17) is 5.73 Å². The molecule has 3 aliphatic rings. The van der Waals surface area contributed by atoms with Gasteiger partial charge >= 0.3 is 6.03 Å². The highest BCUT2D eigenvalue weighted by atomic mass is 32.2. The van der Waals surface area contributed by atoms with Crippen LogP contribution in [0.4, 0.5) is 4.79 Å². The van der Waals surface area contributed by atoms with Gasteiger partial charge in [-0.05, 0) is 62.8 Å². The van der Waals surface area contributed by atoms with Gasteiger partial charge in [0, 0.05) is 18.5 Å². The van der Waals surface area contributed by atoms with Gasteiger partial charge < -0.3 is 26.6 Å². The van der Waals surface area contributed by atoms with Crippen molar-refractivity contribution in [1.82, 2.24) is 20.9 Å². The van der Waals surface area contributed by atoms with Crippen LogP contribution in [0, 0.1) is 23.7 Å². The Labute approximate surface area is 296 Å². The number of urea groups is 1. The molecule has 5 atom stereocenters. The fraction of sp³-hybridized carbons (Fsp3) is 0.649. The zero-order valence-corrected chi connectivity index (χ0v) is 30.7. The lowest BCUT2D eigenvalue weighted by molar-refractivity contribution is -0.143. The Kier molecular flexibility index (Phi) is 13.6. The number of primary amides is 1. The molecule has 1 aliphatic heterocycles. The van der Waals surface area contributed by atoms with Crippen molar-refractivity contribution in [2.24, 2.45) is 29.4 Å². The van der Waals surface area contributed by atoms with Gasteiger partial charge in [0.05, 0.1) is 17.5 Å². The zero-order chi connectivity index (χ0) is 36.6. The molecule has 2 saturated carbocycles. The van der Waals surface area contributed by atoms with Crippen LogP contribution < -0.4 is 21.7 Å². The lowest BCUT2D eigenvalue weighted by Gasteiger charge is -2.36. The van der Waals surface area contributed by atoms with Crippen molar-refractivity contribution >= 4 is 39.4 Å². The number of hydrogen-bond donors (Lipinski definition) is 4. The molecule has 5 N–H and O–H groups in total. The van der Waals surface area contributed by atoms with Crippen LogP contribution in [0.3, 0.4) is 0 Å². The van der Waals surface area contributed by atoms with E-state index in [1.165, 1.54) is 4.90 Å².